The van der Waals surface area contributed by atoms with Gasteiger partial charge < -0.3 is 5.73 Å². The van der Waals surface area contributed by atoms with Gasteiger partial charge in [0, 0.05) is 5.69 Å². The SMILES string of the molecule is C=C=Cc1cccc(N)c1CC(C)C. The fraction of sp³-hybridized carbons (Fsp3) is 0.308. The van der Waals surface area contributed by atoms with Crippen molar-refractivity contribution in [1.29, 1.82) is 0 Å². The van der Waals surface area contributed by atoms with E-state index in [0.29, 0.717) is 5.92 Å². The highest BCUT2D eigenvalue weighted by atomic mass is 14.6. The summed E-state index contributed by atoms with van der Waals surface area (Å²) in [6, 6.07) is 5.95. The van der Waals surface area contributed by atoms with Crippen LogP contribution in [-0.4, -0.2) is 0 Å². The molecular weight excluding hydrogens is 170 g/mol. The first-order valence-corrected chi connectivity index (χ1v) is 4.88. The second-order valence-corrected chi connectivity index (χ2v) is 3.86. The molecule has 0 saturated carbocycles. The van der Waals surface area contributed by atoms with Crippen LogP contribution in [0.15, 0.2) is 30.5 Å². The molecule has 0 unspecified atom stereocenters. The van der Waals surface area contributed by atoms with Gasteiger partial charge in [-0.15, -0.1) is 5.73 Å². The van der Waals surface area contributed by atoms with Crippen molar-refractivity contribution in [2.45, 2.75) is 20.3 Å². The summed E-state index contributed by atoms with van der Waals surface area (Å²) in [5, 5.41) is 0. The third-order valence-electron chi connectivity index (χ3n) is 2.12. The number of nitrogen functional groups attached to an aromatic ring is 1. The molecule has 0 aliphatic rings. The average molecular weight is 187 g/mol. The Bertz CT molecular complexity index is 357. The largest absolute Gasteiger partial charge is 0.398 e. The maximum Gasteiger partial charge on any atom is 0.0352 e. The summed E-state index contributed by atoms with van der Waals surface area (Å²) in [5.41, 5.74) is 11.9. The van der Waals surface area contributed by atoms with Crippen molar-refractivity contribution < 1.29 is 0 Å². The molecule has 0 atom stereocenters. The first-order valence-electron chi connectivity index (χ1n) is 4.88. The van der Waals surface area contributed by atoms with Crippen LogP contribution in [0, 0.1) is 5.92 Å². The third kappa shape index (κ3) is 2.51. The number of rotatable bonds is 3. The van der Waals surface area contributed by atoms with Gasteiger partial charge in [-0.25, -0.2) is 0 Å². The van der Waals surface area contributed by atoms with Crippen LogP contribution in [0.3, 0.4) is 0 Å². The third-order valence-corrected chi connectivity index (χ3v) is 2.12. The van der Waals surface area contributed by atoms with Crippen LogP contribution in [-0.2, 0) is 6.42 Å². The van der Waals surface area contributed by atoms with E-state index in [0.717, 1.165) is 17.7 Å². The lowest BCUT2D eigenvalue weighted by Crippen LogP contribution is -2.01. The van der Waals surface area contributed by atoms with E-state index in [1.807, 2.05) is 24.3 Å². The van der Waals surface area contributed by atoms with E-state index in [4.69, 9.17) is 5.73 Å². The van der Waals surface area contributed by atoms with Crippen LogP contribution >= 0.6 is 0 Å². The molecule has 1 heteroatoms. The van der Waals surface area contributed by atoms with Gasteiger partial charge in [0.25, 0.3) is 0 Å². The normalized spacial score (nSPS) is 9.93. The van der Waals surface area contributed by atoms with Crippen LogP contribution in [0.4, 0.5) is 5.69 Å². The predicted octanol–water partition coefficient (Wildman–Crippen LogP) is 3.27. The Hall–Kier alpha value is -1.46. The Balaban J connectivity index is 3.14. The second kappa shape index (κ2) is 4.69. The van der Waals surface area contributed by atoms with Gasteiger partial charge in [-0.3, -0.25) is 0 Å². The summed E-state index contributed by atoms with van der Waals surface area (Å²) in [7, 11) is 0. The molecule has 0 radical (unpaired) electrons. The summed E-state index contributed by atoms with van der Waals surface area (Å²) in [6.07, 6.45) is 2.88. The number of anilines is 1. The van der Waals surface area contributed by atoms with Crippen LogP contribution in [0.1, 0.15) is 25.0 Å². The first kappa shape index (κ1) is 10.6. The quantitative estimate of drug-likeness (QED) is 0.570. The average Bonchev–Trinajstić information content (AvgIpc) is 2.11. The van der Waals surface area contributed by atoms with E-state index in [1.165, 1.54) is 5.56 Å². The number of hydrogen-bond acceptors (Lipinski definition) is 1. The molecular formula is C13H17N. The zero-order valence-electron chi connectivity index (χ0n) is 8.88. The molecule has 1 aromatic rings. The minimum absolute atomic E-state index is 0.608. The van der Waals surface area contributed by atoms with Crippen LogP contribution < -0.4 is 5.73 Å². The van der Waals surface area contributed by atoms with Crippen molar-refractivity contribution in [1.82, 2.24) is 0 Å². The second-order valence-electron chi connectivity index (χ2n) is 3.86. The molecule has 2 N–H and O–H groups in total. The molecule has 0 aliphatic heterocycles. The lowest BCUT2D eigenvalue weighted by Gasteiger charge is -2.11. The monoisotopic (exact) mass is 187 g/mol. The Kier molecular flexibility index (Phi) is 3.55. The van der Waals surface area contributed by atoms with E-state index < -0.39 is 0 Å². The topological polar surface area (TPSA) is 26.0 Å². The van der Waals surface area contributed by atoms with Crippen molar-refractivity contribution in [3.63, 3.8) is 0 Å². The summed E-state index contributed by atoms with van der Waals surface area (Å²) in [6.45, 7) is 7.96. The number of nitrogens with two attached hydrogens (primary N) is 1. The van der Waals surface area contributed by atoms with E-state index in [2.05, 4.69) is 26.2 Å². The molecule has 0 amide bonds. The van der Waals surface area contributed by atoms with Gasteiger partial charge >= 0.3 is 0 Å². The number of benzene rings is 1. The molecule has 14 heavy (non-hydrogen) atoms. The molecule has 0 aromatic heterocycles. The standard InChI is InChI=1S/C13H17N/c1-4-6-11-7-5-8-13(14)12(11)9-10(2)3/h5-8,10H,1,9,14H2,2-3H3. The molecule has 0 aliphatic carbocycles. The molecule has 0 saturated heterocycles. The van der Waals surface area contributed by atoms with Gasteiger partial charge in [0.15, 0.2) is 0 Å². The van der Waals surface area contributed by atoms with E-state index in [-0.39, 0.29) is 0 Å². The van der Waals surface area contributed by atoms with E-state index in [9.17, 15) is 0 Å². The summed E-state index contributed by atoms with van der Waals surface area (Å²) in [5.74, 6) is 0.608. The Morgan fingerprint density at radius 1 is 1.50 bits per heavy atom. The summed E-state index contributed by atoms with van der Waals surface area (Å²) < 4.78 is 0. The van der Waals surface area contributed by atoms with Crippen molar-refractivity contribution in [2.75, 3.05) is 5.73 Å². The highest BCUT2D eigenvalue weighted by molar-refractivity contribution is 5.62. The molecule has 1 aromatic carbocycles. The zero-order chi connectivity index (χ0) is 10.6. The molecule has 0 fully saturated rings. The lowest BCUT2D eigenvalue weighted by molar-refractivity contribution is 0.648. The van der Waals surface area contributed by atoms with E-state index >= 15 is 0 Å². The highest BCUT2D eigenvalue weighted by Crippen LogP contribution is 2.21. The Morgan fingerprint density at radius 2 is 2.21 bits per heavy atom. The maximum absolute atomic E-state index is 5.93. The zero-order valence-corrected chi connectivity index (χ0v) is 8.88. The lowest BCUT2D eigenvalue weighted by atomic mass is 9.96. The fourth-order valence-corrected chi connectivity index (χ4v) is 1.51. The van der Waals surface area contributed by atoms with Crippen LogP contribution in [0.25, 0.3) is 6.08 Å². The van der Waals surface area contributed by atoms with Crippen molar-refractivity contribution in [3.05, 3.63) is 41.6 Å². The van der Waals surface area contributed by atoms with Gasteiger partial charge in [0.2, 0.25) is 0 Å². The predicted molar refractivity (Wildman–Crippen MR) is 63.0 cm³/mol. The molecule has 0 spiro atoms. The molecule has 1 nitrogen and oxygen atoms in total. The minimum Gasteiger partial charge on any atom is -0.398 e. The smallest absolute Gasteiger partial charge is 0.0352 e. The van der Waals surface area contributed by atoms with Crippen LogP contribution in [0.5, 0.6) is 0 Å². The van der Waals surface area contributed by atoms with Gasteiger partial charge in [-0.1, -0.05) is 32.6 Å². The fourth-order valence-electron chi connectivity index (χ4n) is 1.51. The van der Waals surface area contributed by atoms with Crippen molar-refractivity contribution >= 4 is 11.8 Å². The molecule has 0 heterocycles. The Morgan fingerprint density at radius 3 is 2.79 bits per heavy atom. The van der Waals surface area contributed by atoms with Gasteiger partial charge in [0.05, 0.1) is 0 Å². The minimum atomic E-state index is 0.608. The molecule has 1 rings (SSSR count). The summed E-state index contributed by atoms with van der Waals surface area (Å²) >= 11 is 0. The number of hydrogen-bond donors (Lipinski definition) is 1. The van der Waals surface area contributed by atoms with Gasteiger partial charge in [-0.05, 0) is 35.6 Å². The van der Waals surface area contributed by atoms with Gasteiger partial charge in [0.1, 0.15) is 0 Å². The Labute approximate surface area is 85.9 Å². The molecule has 0 bridgehead atoms. The highest BCUT2D eigenvalue weighted by Gasteiger charge is 2.05. The maximum atomic E-state index is 5.93. The van der Waals surface area contributed by atoms with Crippen molar-refractivity contribution in [2.24, 2.45) is 5.92 Å². The molecule has 74 valence electrons. The summed E-state index contributed by atoms with van der Waals surface area (Å²) in [4.78, 5) is 0. The van der Waals surface area contributed by atoms with Gasteiger partial charge in [-0.2, -0.15) is 0 Å². The first-order chi connectivity index (χ1) is 6.65. The van der Waals surface area contributed by atoms with Crippen LogP contribution in [0.2, 0.25) is 0 Å². The van der Waals surface area contributed by atoms with Crippen molar-refractivity contribution in [3.8, 4) is 0 Å². The van der Waals surface area contributed by atoms with E-state index in [1.54, 1.807) is 0 Å².